The Morgan fingerprint density at radius 2 is 1.65 bits per heavy atom. The summed E-state index contributed by atoms with van der Waals surface area (Å²) in [6.07, 6.45) is 7.21. The first kappa shape index (κ1) is 20.8. The molecule has 3 aromatic rings. The van der Waals surface area contributed by atoms with Crippen LogP contribution >= 0.6 is 0 Å². The van der Waals surface area contributed by atoms with Crippen molar-refractivity contribution < 1.29 is 14.6 Å². The molecule has 31 heavy (non-hydrogen) atoms. The number of carbonyl (C=O) groups excluding carboxylic acids is 1. The lowest BCUT2D eigenvalue weighted by atomic mass is 9.98. The number of rotatable bonds is 7. The normalized spacial score (nSPS) is 14.8. The average Bonchev–Trinajstić information content (AvgIpc) is 3.29. The van der Waals surface area contributed by atoms with Gasteiger partial charge in [-0.15, -0.1) is 0 Å². The van der Waals surface area contributed by atoms with Gasteiger partial charge in [0.15, 0.2) is 0 Å². The number of benzene rings is 2. The molecule has 7 nitrogen and oxygen atoms in total. The third-order valence-electron chi connectivity index (χ3n) is 5.72. The highest BCUT2D eigenvalue weighted by atomic mass is 16.5. The number of aromatic nitrogens is 2. The Morgan fingerprint density at radius 3 is 2.23 bits per heavy atom. The van der Waals surface area contributed by atoms with Crippen LogP contribution in [0.4, 0.5) is 11.6 Å². The molecule has 1 heterocycles. The maximum absolute atomic E-state index is 12.6. The van der Waals surface area contributed by atoms with Gasteiger partial charge in [-0.2, -0.15) is 0 Å². The molecular formula is C24H26N4O3. The van der Waals surface area contributed by atoms with Gasteiger partial charge in [-0.05, 0) is 54.8 Å². The zero-order valence-electron chi connectivity index (χ0n) is 17.5. The SMILES string of the molecule is COc1ccc(-c2cnc(Nc3ccc(C(=O)NC4(CO)CCCC4)cc3)nc2)cc1. The largest absolute Gasteiger partial charge is 0.497 e. The fourth-order valence-corrected chi connectivity index (χ4v) is 3.85. The molecule has 1 aliphatic carbocycles. The minimum Gasteiger partial charge on any atom is -0.497 e. The lowest BCUT2D eigenvalue weighted by Gasteiger charge is -2.28. The van der Waals surface area contributed by atoms with Gasteiger partial charge in [-0.25, -0.2) is 9.97 Å². The Balaban J connectivity index is 1.38. The Labute approximate surface area is 181 Å². The molecule has 160 valence electrons. The zero-order valence-corrected chi connectivity index (χ0v) is 17.5. The van der Waals surface area contributed by atoms with Crippen molar-refractivity contribution in [2.24, 2.45) is 0 Å². The molecule has 0 saturated heterocycles. The summed E-state index contributed by atoms with van der Waals surface area (Å²) in [4.78, 5) is 21.3. The van der Waals surface area contributed by atoms with Gasteiger partial charge in [0.05, 0.1) is 19.3 Å². The average molecular weight is 418 g/mol. The minimum absolute atomic E-state index is 0.0256. The molecule has 0 radical (unpaired) electrons. The van der Waals surface area contributed by atoms with E-state index in [1.54, 1.807) is 31.6 Å². The number of ether oxygens (including phenoxy) is 1. The van der Waals surface area contributed by atoms with Gasteiger partial charge in [0.2, 0.25) is 5.95 Å². The molecule has 7 heteroatoms. The second-order valence-corrected chi connectivity index (χ2v) is 7.83. The van der Waals surface area contributed by atoms with Gasteiger partial charge in [-0.1, -0.05) is 25.0 Å². The molecule has 1 amide bonds. The van der Waals surface area contributed by atoms with E-state index in [-0.39, 0.29) is 12.5 Å². The van der Waals surface area contributed by atoms with Crippen molar-refractivity contribution in [3.8, 4) is 16.9 Å². The number of nitrogens with zero attached hydrogens (tertiary/aromatic N) is 2. The van der Waals surface area contributed by atoms with E-state index in [0.717, 1.165) is 48.2 Å². The van der Waals surface area contributed by atoms with Crippen molar-refractivity contribution in [2.75, 3.05) is 19.0 Å². The fourth-order valence-electron chi connectivity index (χ4n) is 3.85. The molecule has 1 saturated carbocycles. The number of aliphatic hydroxyl groups is 1. The van der Waals surface area contributed by atoms with Crippen molar-refractivity contribution in [2.45, 2.75) is 31.2 Å². The lowest BCUT2D eigenvalue weighted by Crippen LogP contribution is -2.49. The second kappa shape index (κ2) is 9.14. The van der Waals surface area contributed by atoms with Gasteiger partial charge < -0.3 is 20.5 Å². The van der Waals surface area contributed by atoms with Gasteiger partial charge in [0, 0.05) is 29.2 Å². The molecule has 3 N–H and O–H groups in total. The summed E-state index contributed by atoms with van der Waals surface area (Å²) < 4.78 is 5.18. The third-order valence-corrected chi connectivity index (χ3v) is 5.72. The standard InChI is InChI=1S/C24H26N4O3/c1-31-21-10-6-17(7-11-21)19-14-25-23(26-15-19)27-20-8-4-18(5-9-20)22(30)28-24(16-29)12-2-3-13-24/h4-11,14-15,29H,2-3,12-13,16H2,1H3,(H,28,30)(H,25,26,27). The van der Waals surface area contributed by atoms with Crippen LogP contribution in [0.5, 0.6) is 5.75 Å². The number of aliphatic hydroxyl groups excluding tert-OH is 1. The van der Waals surface area contributed by atoms with Gasteiger partial charge in [0.25, 0.3) is 5.91 Å². The minimum atomic E-state index is -0.479. The van der Waals surface area contributed by atoms with Crippen molar-refractivity contribution in [3.63, 3.8) is 0 Å². The van der Waals surface area contributed by atoms with Gasteiger partial charge in [0.1, 0.15) is 5.75 Å². The van der Waals surface area contributed by atoms with Crippen LogP contribution in [0.3, 0.4) is 0 Å². The van der Waals surface area contributed by atoms with E-state index in [1.807, 2.05) is 36.4 Å². The molecule has 0 unspecified atom stereocenters. The van der Waals surface area contributed by atoms with Crippen molar-refractivity contribution in [1.29, 1.82) is 0 Å². The smallest absolute Gasteiger partial charge is 0.251 e. The molecule has 2 aromatic carbocycles. The van der Waals surface area contributed by atoms with Gasteiger partial charge >= 0.3 is 0 Å². The number of carbonyl (C=O) groups is 1. The quantitative estimate of drug-likeness (QED) is 0.538. The fraction of sp³-hybridized carbons (Fsp3) is 0.292. The summed E-state index contributed by atoms with van der Waals surface area (Å²) in [6.45, 7) is -0.0256. The number of methoxy groups -OCH3 is 1. The molecule has 1 fully saturated rings. The first-order chi connectivity index (χ1) is 15.1. The van der Waals surface area contributed by atoms with Crippen LogP contribution < -0.4 is 15.4 Å². The highest BCUT2D eigenvalue weighted by Gasteiger charge is 2.34. The Bertz CT molecular complexity index is 1010. The Hall–Kier alpha value is -3.45. The number of nitrogens with one attached hydrogen (secondary N) is 2. The Kier molecular flexibility index (Phi) is 6.13. The summed E-state index contributed by atoms with van der Waals surface area (Å²) in [5.41, 5.74) is 2.77. The summed E-state index contributed by atoms with van der Waals surface area (Å²) in [7, 11) is 1.64. The summed E-state index contributed by atoms with van der Waals surface area (Å²) >= 11 is 0. The molecule has 0 spiro atoms. The highest BCUT2D eigenvalue weighted by Crippen LogP contribution is 2.29. The topological polar surface area (TPSA) is 96.4 Å². The van der Waals surface area contributed by atoms with Crippen molar-refractivity contribution in [1.82, 2.24) is 15.3 Å². The van der Waals surface area contributed by atoms with Crippen LogP contribution in [0.15, 0.2) is 60.9 Å². The lowest BCUT2D eigenvalue weighted by molar-refractivity contribution is 0.0838. The van der Waals surface area contributed by atoms with Crippen molar-refractivity contribution >= 4 is 17.5 Å². The summed E-state index contributed by atoms with van der Waals surface area (Å²) in [5, 5.41) is 15.9. The number of amides is 1. The molecular weight excluding hydrogens is 392 g/mol. The van der Waals surface area contributed by atoms with Gasteiger partial charge in [-0.3, -0.25) is 4.79 Å². The maximum Gasteiger partial charge on any atom is 0.251 e. The molecule has 0 bridgehead atoms. The first-order valence-corrected chi connectivity index (χ1v) is 10.4. The highest BCUT2D eigenvalue weighted by molar-refractivity contribution is 5.95. The zero-order chi connectivity index (χ0) is 21.7. The predicted molar refractivity (Wildman–Crippen MR) is 119 cm³/mol. The van der Waals surface area contributed by atoms with E-state index in [0.29, 0.717) is 11.5 Å². The summed E-state index contributed by atoms with van der Waals surface area (Å²) in [6, 6.07) is 14.9. The number of hydrogen-bond donors (Lipinski definition) is 3. The van der Waals surface area contributed by atoms with E-state index in [1.165, 1.54) is 0 Å². The second-order valence-electron chi connectivity index (χ2n) is 7.83. The predicted octanol–water partition coefficient (Wildman–Crippen LogP) is 3.93. The van der Waals surface area contributed by atoms with Crippen molar-refractivity contribution in [3.05, 3.63) is 66.5 Å². The summed E-state index contributed by atoms with van der Waals surface area (Å²) in [5.74, 6) is 1.11. The van der Waals surface area contributed by atoms with Crippen LogP contribution in [0.25, 0.3) is 11.1 Å². The maximum atomic E-state index is 12.6. The van der Waals surface area contributed by atoms with Crippen LogP contribution in [0.1, 0.15) is 36.0 Å². The van der Waals surface area contributed by atoms with E-state index < -0.39 is 5.54 Å². The third kappa shape index (κ3) is 4.83. The van der Waals surface area contributed by atoms with Crippen LogP contribution in [0.2, 0.25) is 0 Å². The monoisotopic (exact) mass is 418 g/mol. The van der Waals surface area contributed by atoms with Crippen LogP contribution in [-0.2, 0) is 0 Å². The molecule has 0 atom stereocenters. The Morgan fingerprint density at radius 1 is 1.00 bits per heavy atom. The van der Waals surface area contributed by atoms with E-state index in [9.17, 15) is 9.90 Å². The molecule has 1 aliphatic rings. The van der Waals surface area contributed by atoms with Crippen LogP contribution in [-0.4, -0.2) is 40.2 Å². The molecule has 0 aliphatic heterocycles. The van der Waals surface area contributed by atoms with E-state index >= 15 is 0 Å². The van der Waals surface area contributed by atoms with E-state index in [4.69, 9.17) is 4.74 Å². The molecule has 1 aromatic heterocycles. The molecule has 4 rings (SSSR count). The number of anilines is 2. The van der Waals surface area contributed by atoms with E-state index in [2.05, 4.69) is 20.6 Å². The first-order valence-electron chi connectivity index (χ1n) is 10.4. The van der Waals surface area contributed by atoms with Crippen LogP contribution in [0, 0.1) is 0 Å². The number of hydrogen-bond acceptors (Lipinski definition) is 6.